The van der Waals surface area contributed by atoms with Crippen LogP contribution in [0.3, 0.4) is 0 Å². The number of hydrazine groups is 1. The van der Waals surface area contributed by atoms with E-state index in [1.165, 1.54) is 21.6 Å². The summed E-state index contributed by atoms with van der Waals surface area (Å²) in [7, 11) is 0. The molecule has 4 heteroatoms. The van der Waals surface area contributed by atoms with Crippen LogP contribution in [-0.4, -0.2) is 0 Å². The van der Waals surface area contributed by atoms with Crippen molar-refractivity contribution < 1.29 is 0 Å². The molecule has 0 aliphatic heterocycles. The minimum Gasteiger partial charge on any atom is -0.271 e. The molecule has 2 nitrogen and oxygen atoms in total. The molecule has 1 atom stereocenters. The summed E-state index contributed by atoms with van der Waals surface area (Å²) in [6.07, 6.45) is 0.914. The summed E-state index contributed by atoms with van der Waals surface area (Å²) in [4.78, 5) is 1.32. The van der Waals surface area contributed by atoms with Gasteiger partial charge in [-0.05, 0) is 47.0 Å². The molecule has 0 radical (unpaired) electrons. The van der Waals surface area contributed by atoms with Crippen molar-refractivity contribution in [3.05, 3.63) is 55.7 Å². The monoisotopic (exact) mass is 324 g/mol. The number of thiophene rings is 1. The summed E-state index contributed by atoms with van der Waals surface area (Å²) < 4.78 is 1.14. The quantitative estimate of drug-likeness (QED) is 0.661. The van der Waals surface area contributed by atoms with Crippen LogP contribution in [0.1, 0.15) is 27.6 Å². The lowest BCUT2D eigenvalue weighted by Gasteiger charge is -2.18. The summed E-state index contributed by atoms with van der Waals surface area (Å²) in [5, 5.41) is 2.10. The molecule has 0 spiro atoms. The molecule has 0 fully saturated rings. The van der Waals surface area contributed by atoms with Crippen LogP contribution in [0.4, 0.5) is 0 Å². The fourth-order valence-electron chi connectivity index (χ4n) is 2.06. The van der Waals surface area contributed by atoms with Gasteiger partial charge in [0.05, 0.1) is 6.04 Å². The van der Waals surface area contributed by atoms with Crippen molar-refractivity contribution >= 4 is 27.3 Å². The molecule has 2 aromatic rings. The van der Waals surface area contributed by atoms with E-state index in [0.717, 1.165) is 10.9 Å². The van der Waals surface area contributed by atoms with Crippen molar-refractivity contribution in [2.45, 2.75) is 26.3 Å². The Morgan fingerprint density at radius 1 is 1.33 bits per heavy atom. The maximum Gasteiger partial charge on any atom is 0.0510 e. The molecule has 0 aliphatic rings. The van der Waals surface area contributed by atoms with Gasteiger partial charge < -0.3 is 0 Å². The molecule has 0 bridgehead atoms. The molecule has 1 aromatic heterocycles. The molecule has 0 saturated carbocycles. The third-order valence-corrected chi connectivity index (χ3v) is 4.76. The number of nitrogens with two attached hydrogens (primary N) is 1. The Morgan fingerprint density at radius 3 is 2.72 bits per heavy atom. The van der Waals surface area contributed by atoms with Crippen LogP contribution < -0.4 is 11.3 Å². The lowest BCUT2D eigenvalue weighted by atomic mass is 9.97. The number of rotatable bonds is 4. The SMILES string of the molecule is Cc1ccc(C)c(C(Cc2cc(Br)cs2)NN)c1. The van der Waals surface area contributed by atoms with Crippen molar-refractivity contribution in [3.63, 3.8) is 0 Å². The van der Waals surface area contributed by atoms with Gasteiger partial charge in [-0.2, -0.15) is 0 Å². The van der Waals surface area contributed by atoms with Crippen molar-refractivity contribution in [1.82, 2.24) is 5.43 Å². The minimum atomic E-state index is 0.162. The third kappa shape index (κ3) is 3.20. The molecular weight excluding hydrogens is 308 g/mol. The van der Waals surface area contributed by atoms with Gasteiger partial charge in [-0.3, -0.25) is 11.3 Å². The molecule has 2 rings (SSSR count). The Hall–Kier alpha value is -0.680. The molecule has 96 valence electrons. The summed E-state index contributed by atoms with van der Waals surface area (Å²) in [6.45, 7) is 4.24. The number of aryl methyl sites for hydroxylation is 2. The maximum atomic E-state index is 5.72. The van der Waals surface area contributed by atoms with E-state index in [1.54, 1.807) is 11.3 Å². The first-order valence-corrected chi connectivity index (χ1v) is 7.53. The summed E-state index contributed by atoms with van der Waals surface area (Å²) in [5.74, 6) is 5.72. The van der Waals surface area contributed by atoms with E-state index in [-0.39, 0.29) is 6.04 Å². The molecule has 1 heterocycles. The number of benzene rings is 1. The first kappa shape index (κ1) is 13.7. The van der Waals surface area contributed by atoms with E-state index < -0.39 is 0 Å². The van der Waals surface area contributed by atoms with Crippen molar-refractivity contribution in [2.24, 2.45) is 5.84 Å². The second-order valence-corrected chi connectivity index (χ2v) is 6.43. The van der Waals surface area contributed by atoms with E-state index in [1.807, 2.05) is 0 Å². The first-order chi connectivity index (χ1) is 8.60. The van der Waals surface area contributed by atoms with Gasteiger partial charge in [-0.15, -0.1) is 11.3 Å². The molecule has 0 amide bonds. The lowest BCUT2D eigenvalue weighted by molar-refractivity contribution is 0.552. The summed E-state index contributed by atoms with van der Waals surface area (Å²) in [6, 6.07) is 8.81. The van der Waals surface area contributed by atoms with E-state index in [0.29, 0.717) is 0 Å². The fraction of sp³-hybridized carbons (Fsp3) is 0.286. The van der Waals surface area contributed by atoms with Crippen LogP contribution in [0.5, 0.6) is 0 Å². The highest BCUT2D eigenvalue weighted by Gasteiger charge is 2.14. The predicted molar refractivity (Wildman–Crippen MR) is 81.7 cm³/mol. The standard InChI is InChI=1S/C14H17BrN2S/c1-9-3-4-10(2)13(5-9)14(17-16)7-12-6-11(15)8-18-12/h3-6,8,14,17H,7,16H2,1-2H3. The smallest absolute Gasteiger partial charge is 0.0510 e. The Bertz CT molecular complexity index is 536. The zero-order valence-corrected chi connectivity index (χ0v) is 12.9. The highest BCUT2D eigenvalue weighted by Crippen LogP contribution is 2.27. The van der Waals surface area contributed by atoms with Gasteiger partial charge in [0.15, 0.2) is 0 Å². The van der Waals surface area contributed by atoms with Crippen molar-refractivity contribution in [2.75, 3.05) is 0 Å². The van der Waals surface area contributed by atoms with Gasteiger partial charge in [0.1, 0.15) is 0 Å². The number of nitrogens with one attached hydrogen (secondary N) is 1. The van der Waals surface area contributed by atoms with E-state index in [2.05, 4.69) is 64.8 Å². The Kier molecular flexibility index (Phi) is 4.56. The summed E-state index contributed by atoms with van der Waals surface area (Å²) in [5.41, 5.74) is 6.76. The van der Waals surface area contributed by atoms with Gasteiger partial charge in [0, 0.05) is 21.2 Å². The number of halogens is 1. The van der Waals surface area contributed by atoms with Crippen LogP contribution in [0, 0.1) is 13.8 Å². The van der Waals surface area contributed by atoms with Gasteiger partial charge in [-0.25, -0.2) is 0 Å². The Labute approximate surface area is 120 Å². The van der Waals surface area contributed by atoms with Gasteiger partial charge in [0.25, 0.3) is 0 Å². The average Bonchev–Trinajstić information content (AvgIpc) is 2.75. The normalized spacial score (nSPS) is 12.7. The van der Waals surface area contributed by atoms with Crippen LogP contribution in [-0.2, 0) is 6.42 Å². The Morgan fingerprint density at radius 2 is 2.11 bits per heavy atom. The van der Waals surface area contributed by atoms with Gasteiger partial charge >= 0.3 is 0 Å². The summed E-state index contributed by atoms with van der Waals surface area (Å²) >= 11 is 5.24. The van der Waals surface area contributed by atoms with Crippen LogP contribution in [0.2, 0.25) is 0 Å². The highest BCUT2D eigenvalue weighted by molar-refractivity contribution is 9.10. The molecule has 0 aliphatic carbocycles. The van der Waals surface area contributed by atoms with E-state index in [9.17, 15) is 0 Å². The fourth-order valence-corrected chi connectivity index (χ4v) is 3.55. The van der Waals surface area contributed by atoms with Gasteiger partial charge in [0.2, 0.25) is 0 Å². The lowest BCUT2D eigenvalue weighted by Crippen LogP contribution is -2.30. The van der Waals surface area contributed by atoms with Crippen molar-refractivity contribution in [1.29, 1.82) is 0 Å². The minimum absolute atomic E-state index is 0.162. The second kappa shape index (κ2) is 5.97. The highest BCUT2D eigenvalue weighted by atomic mass is 79.9. The molecule has 3 N–H and O–H groups in total. The number of hydrogen-bond acceptors (Lipinski definition) is 3. The van der Waals surface area contributed by atoms with Crippen LogP contribution in [0.25, 0.3) is 0 Å². The zero-order valence-electron chi connectivity index (χ0n) is 10.5. The largest absolute Gasteiger partial charge is 0.271 e. The maximum absolute atomic E-state index is 5.72. The molecule has 0 saturated heterocycles. The third-order valence-electron chi connectivity index (χ3n) is 3.04. The predicted octanol–water partition coefficient (Wildman–Crippen LogP) is 3.87. The van der Waals surface area contributed by atoms with Gasteiger partial charge in [-0.1, -0.05) is 23.8 Å². The first-order valence-electron chi connectivity index (χ1n) is 5.86. The molecule has 1 aromatic carbocycles. The number of hydrogen-bond donors (Lipinski definition) is 2. The Balaban J connectivity index is 2.25. The molecular formula is C14H17BrN2S. The van der Waals surface area contributed by atoms with Crippen LogP contribution >= 0.6 is 27.3 Å². The molecule has 1 unspecified atom stereocenters. The second-order valence-electron chi connectivity index (χ2n) is 4.51. The van der Waals surface area contributed by atoms with E-state index in [4.69, 9.17) is 5.84 Å². The molecule has 18 heavy (non-hydrogen) atoms. The van der Waals surface area contributed by atoms with Crippen LogP contribution in [0.15, 0.2) is 34.1 Å². The zero-order chi connectivity index (χ0) is 13.1. The van der Waals surface area contributed by atoms with Crippen molar-refractivity contribution in [3.8, 4) is 0 Å². The van der Waals surface area contributed by atoms with E-state index >= 15 is 0 Å². The topological polar surface area (TPSA) is 38.0 Å². The average molecular weight is 325 g/mol.